The molecule has 0 aromatic heterocycles. The number of phosphoric acid groups is 1. The van der Waals surface area contributed by atoms with Gasteiger partial charge < -0.3 is 9.38 Å². The van der Waals surface area contributed by atoms with Crippen molar-refractivity contribution >= 4 is 7.82 Å². The lowest BCUT2D eigenvalue weighted by molar-refractivity contribution is -0.896. The molecule has 1 fully saturated rings. The Morgan fingerprint density at radius 1 is 0.839 bits per heavy atom. The Bertz CT molecular complexity index is 500. The van der Waals surface area contributed by atoms with Crippen LogP contribution in [0.4, 0.5) is 0 Å². The van der Waals surface area contributed by atoms with Crippen LogP contribution in [0.2, 0.25) is 0 Å². The average molecular weight is 461 g/mol. The third kappa shape index (κ3) is 17.0. The van der Waals surface area contributed by atoms with E-state index in [4.69, 9.17) is 9.05 Å². The highest BCUT2D eigenvalue weighted by Gasteiger charge is 2.32. The number of nitrogens with zero attached hydrogens (tertiary/aromatic N) is 1. The fourth-order valence-electron chi connectivity index (χ4n) is 4.10. The predicted octanol–water partition coefficient (Wildman–Crippen LogP) is 7.40. The lowest BCUT2D eigenvalue weighted by Gasteiger charge is -2.37. The van der Waals surface area contributed by atoms with E-state index in [-0.39, 0.29) is 6.10 Å². The van der Waals surface area contributed by atoms with Crippen LogP contribution in [0.5, 0.6) is 0 Å². The minimum Gasteiger partial charge on any atom is -0.328 e. The first-order valence-electron chi connectivity index (χ1n) is 13.0. The fourth-order valence-corrected chi connectivity index (χ4v) is 5.11. The van der Waals surface area contributed by atoms with Crippen molar-refractivity contribution in [3.05, 3.63) is 12.2 Å². The van der Waals surface area contributed by atoms with Crippen molar-refractivity contribution < 1.29 is 23.0 Å². The molecule has 0 bridgehead atoms. The fraction of sp³-hybridized carbons (Fsp3) is 0.920. The molecule has 0 aliphatic carbocycles. The largest absolute Gasteiger partial charge is 0.472 e. The Kier molecular flexibility index (Phi) is 16.1. The summed E-state index contributed by atoms with van der Waals surface area (Å²) in [4.78, 5) is 9.92. The first kappa shape index (κ1) is 28.8. The van der Waals surface area contributed by atoms with Crippen molar-refractivity contribution in [3.63, 3.8) is 0 Å². The molecule has 1 N–H and O–H groups in total. The minimum absolute atomic E-state index is 0.151. The molecule has 1 saturated heterocycles. The zero-order valence-corrected chi connectivity index (χ0v) is 21.6. The van der Waals surface area contributed by atoms with E-state index in [0.29, 0.717) is 6.61 Å². The van der Waals surface area contributed by atoms with Gasteiger partial charge in [0.1, 0.15) is 0 Å². The summed E-state index contributed by atoms with van der Waals surface area (Å²) < 4.78 is 23.6. The molecule has 0 amide bonds. The summed E-state index contributed by atoms with van der Waals surface area (Å²) in [6, 6.07) is 0. The van der Waals surface area contributed by atoms with Crippen LogP contribution in [0.1, 0.15) is 110 Å². The molecular weight excluding hydrogens is 409 g/mol. The summed E-state index contributed by atoms with van der Waals surface area (Å²) >= 11 is 0. The second kappa shape index (κ2) is 17.3. The molecule has 5 nitrogen and oxygen atoms in total. The predicted molar refractivity (Wildman–Crippen MR) is 131 cm³/mol. The molecule has 0 spiro atoms. The van der Waals surface area contributed by atoms with E-state index < -0.39 is 7.82 Å². The van der Waals surface area contributed by atoms with Gasteiger partial charge in [-0.25, -0.2) is 4.57 Å². The summed E-state index contributed by atoms with van der Waals surface area (Å²) in [5, 5.41) is 0. The quantitative estimate of drug-likeness (QED) is 0.0944. The van der Waals surface area contributed by atoms with Crippen LogP contribution in [0, 0.1) is 0 Å². The number of hydrogen-bond acceptors (Lipinski definition) is 3. The summed E-state index contributed by atoms with van der Waals surface area (Å²) in [7, 11) is 0.452. The molecule has 1 aliphatic rings. The van der Waals surface area contributed by atoms with Crippen LogP contribution in [0.3, 0.4) is 0 Å². The highest BCUT2D eigenvalue weighted by molar-refractivity contribution is 7.47. The molecule has 0 aromatic rings. The topological polar surface area (TPSA) is 55.8 Å². The van der Waals surface area contributed by atoms with E-state index in [1.165, 1.54) is 70.6 Å². The monoisotopic (exact) mass is 460 g/mol. The van der Waals surface area contributed by atoms with Gasteiger partial charge in [0, 0.05) is 12.8 Å². The van der Waals surface area contributed by atoms with E-state index in [1.54, 1.807) is 0 Å². The second-order valence-corrected chi connectivity index (χ2v) is 11.3. The normalized spacial score (nSPS) is 19.1. The van der Waals surface area contributed by atoms with Crippen molar-refractivity contribution in [1.82, 2.24) is 0 Å². The highest BCUT2D eigenvalue weighted by atomic mass is 31.2. The number of likely N-dealkylation sites (tertiary alicyclic amines) is 1. The zero-order chi connectivity index (χ0) is 22.8. The number of hydrogen-bond donors (Lipinski definition) is 1. The van der Waals surface area contributed by atoms with Crippen LogP contribution >= 0.6 is 7.82 Å². The third-order valence-corrected chi connectivity index (χ3v) is 7.38. The van der Waals surface area contributed by atoms with Gasteiger partial charge in [-0.2, -0.15) is 0 Å². The average Bonchev–Trinajstić information content (AvgIpc) is 2.72. The van der Waals surface area contributed by atoms with Gasteiger partial charge in [-0.05, 0) is 32.1 Å². The molecule has 31 heavy (non-hydrogen) atoms. The lowest BCUT2D eigenvalue weighted by Crippen LogP contribution is -2.47. The number of unbranched alkanes of at least 4 members (excludes halogenated alkanes) is 12. The van der Waals surface area contributed by atoms with Crippen molar-refractivity contribution in [1.29, 1.82) is 0 Å². The van der Waals surface area contributed by atoms with Crippen molar-refractivity contribution in [2.24, 2.45) is 0 Å². The first-order chi connectivity index (χ1) is 14.8. The van der Waals surface area contributed by atoms with E-state index in [2.05, 4.69) is 33.2 Å². The van der Waals surface area contributed by atoms with Crippen molar-refractivity contribution in [2.45, 2.75) is 116 Å². The van der Waals surface area contributed by atoms with Gasteiger partial charge in [-0.15, -0.1) is 0 Å². The summed E-state index contributed by atoms with van der Waals surface area (Å²) in [5.41, 5.74) is 0. The van der Waals surface area contributed by atoms with Gasteiger partial charge >= 0.3 is 7.82 Å². The zero-order valence-electron chi connectivity index (χ0n) is 20.7. The Balaban J connectivity index is 1.87. The lowest BCUT2D eigenvalue weighted by atomic mass is 10.1. The maximum absolute atomic E-state index is 12.1. The molecule has 1 unspecified atom stereocenters. The minimum atomic E-state index is -3.91. The number of rotatable bonds is 19. The first-order valence-corrected chi connectivity index (χ1v) is 14.5. The van der Waals surface area contributed by atoms with E-state index in [9.17, 15) is 9.46 Å². The number of allylic oxidation sites excluding steroid dienone is 2. The highest BCUT2D eigenvalue weighted by Crippen LogP contribution is 2.46. The van der Waals surface area contributed by atoms with Gasteiger partial charge in [0.05, 0.1) is 39.9 Å². The van der Waals surface area contributed by atoms with Crippen molar-refractivity contribution in [3.8, 4) is 0 Å². The molecule has 0 aromatic carbocycles. The second-order valence-electron chi connectivity index (χ2n) is 9.93. The number of phosphoric ester groups is 1. The van der Waals surface area contributed by atoms with Crippen LogP contribution in [0.25, 0.3) is 0 Å². The summed E-state index contributed by atoms with van der Waals surface area (Å²) in [6.45, 7) is 4.52. The Labute approximate surface area is 192 Å². The standard InChI is InChI=1S/C25H50NO4P/c1-4-5-6-7-8-9-10-11-12-13-14-15-16-17-18-19-24-29-31(27,28)30-25-20-22-26(2,3)23-21-25/h11-12,25H,4-10,13-24H2,1-3H3/p+1. The Morgan fingerprint density at radius 3 is 1.87 bits per heavy atom. The molecular formula is C25H51NO4P+. The summed E-state index contributed by atoms with van der Waals surface area (Å²) in [5.74, 6) is 0. The molecule has 1 heterocycles. The van der Waals surface area contributed by atoms with E-state index in [0.717, 1.165) is 49.7 Å². The molecule has 1 aliphatic heterocycles. The number of quaternary nitrogens is 1. The Morgan fingerprint density at radius 2 is 1.32 bits per heavy atom. The molecule has 1 atom stereocenters. The molecule has 0 saturated carbocycles. The van der Waals surface area contributed by atoms with Crippen LogP contribution in [-0.4, -0.2) is 49.3 Å². The number of piperidine rings is 1. The van der Waals surface area contributed by atoms with Gasteiger partial charge in [0.2, 0.25) is 0 Å². The molecule has 6 heteroatoms. The van der Waals surface area contributed by atoms with Gasteiger partial charge in [-0.1, -0.05) is 76.9 Å². The third-order valence-electron chi connectivity index (χ3n) is 6.31. The molecule has 1 rings (SSSR count). The van der Waals surface area contributed by atoms with Crippen LogP contribution in [0.15, 0.2) is 12.2 Å². The van der Waals surface area contributed by atoms with Crippen LogP contribution in [-0.2, 0) is 13.6 Å². The van der Waals surface area contributed by atoms with E-state index >= 15 is 0 Å². The summed E-state index contributed by atoms with van der Waals surface area (Å²) in [6.07, 6.45) is 23.6. The van der Waals surface area contributed by atoms with Gasteiger partial charge in [0.25, 0.3) is 0 Å². The van der Waals surface area contributed by atoms with Crippen LogP contribution < -0.4 is 0 Å². The maximum Gasteiger partial charge on any atom is 0.472 e. The Hall–Kier alpha value is -0.190. The smallest absolute Gasteiger partial charge is 0.328 e. The molecule has 0 radical (unpaired) electrons. The SMILES string of the molecule is CCCCCCCCC=CCCCCCCCCOP(=O)(O)OC1CC[N+](C)(C)CC1. The van der Waals surface area contributed by atoms with E-state index in [1.807, 2.05) is 0 Å². The van der Waals surface area contributed by atoms with Gasteiger partial charge in [0.15, 0.2) is 0 Å². The van der Waals surface area contributed by atoms with Gasteiger partial charge in [-0.3, -0.25) is 9.05 Å². The molecule has 184 valence electrons. The van der Waals surface area contributed by atoms with Crippen molar-refractivity contribution in [2.75, 3.05) is 33.8 Å². The maximum atomic E-state index is 12.1.